The van der Waals surface area contributed by atoms with Crippen molar-refractivity contribution in [3.8, 4) is 0 Å². The largest absolute Gasteiger partial charge is 0.498 e. The molecule has 0 spiro atoms. The van der Waals surface area contributed by atoms with Crippen molar-refractivity contribution in [2.75, 3.05) is 19.7 Å². The summed E-state index contributed by atoms with van der Waals surface area (Å²) in [6.07, 6.45) is 13.4. The Morgan fingerprint density at radius 2 is 1.90 bits per heavy atom. The predicted octanol–water partition coefficient (Wildman–Crippen LogP) is 6.05. The molecule has 0 bridgehead atoms. The lowest BCUT2D eigenvalue weighted by molar-refractivity contribution is 0.0631. The topological polar surface area (TPSA) is 35.4 Å². The highest BCUT2D eigenvalue weighted by Crippen LogP contribution is 2.27. The Morgan fingerprint density at radius 3 is 2.60 bits per heavy atom. The molecule has 2 aromatic rings. The first-order valence-corrected chi connectivity index (χ1v) is 11.3. The predicted molar refractivity (Wildman–Crippen MR) is 126 cm³/mol. The van der Waals surface area contributed by atoms with Crippen LogP contribution < -0.4 is 5.32 Å². The van der Waals surface area contributed by atoms with E-state index in [9.17, 15) is 0 Å². The van der Waals surface area contributed by atoms with Crippen molar-refractivity contribution in [1.82, 2.24) is 9.88 Å². The molecule has 1 aliphatic carbocycles. The third-order valence-corrected chi connectivity index (χ3v) is 5.11. The van der Waals surface area contributed by atoms with Crippen molar-refractivity contribution in [2.45, 2.75) is 59.2 Å². The Morgan fingerprint density at radius 1 is 1.10 bits per heavy atom. The van der Waals surface area contributed by atoms with Gasteiger partial charge in [0.25, 0.3) is 0 Å². The first kappa shape index (κ1) is 22.4. The van der Waals surface area contributed by atoms with Crippen LogP contribution in [0.4, 0.5) is 0 Å². The van der Waals surface area contributed by atoms with Crippen LogP contribution in [0.3, 0.4) is 0 Å². The summed E-state index contributed by atoms with van der Waals surface area (Å²) in [5.41, 5.74) is 3.50. The van der Waals surface area contributed by atoms with Crippen LogP contribution in [0.25, 0.3) is 16.6 Å². The van der Waals surface area contributed by atoms with Gasteiger partial charge in [-0.3, -0.25) is 0 Å². The first-order chi connectivity index (χ1) is 14.7. The van der Waals surface area contributed by atoms with Gasteiger partial charge < -0.3 is 19.4 Å². The summed E-state index contributed by atoms with van der Waals surface area (Å²) in [5.74, 6) is 1.02. The van der Waals surface area contributed by atoms with Gasteiger partial charge in [0.15, 0.2) is 0 Å². The van der Waals surface area contributed by atoms with E-state index in [1.54, 1.807) is 0 Å². The van der Waals surface area contributed by atoms with Crippen molar-refractivity contribution >= 4 is 16.6 Å². The van der Waals surface area contributed by atoms with Gasteiger partial charge in [0.1, 0.15) is 0 Å². The molecule has 1 aliphatic heterocycles. The van der Waals surface area contributed by atoms with Gasteiger partial charge in [-0.15, -0.1) is 0 Å². The molecule has 1 fully saturated rings. The molecule has 0 saturated carbocycles. The number of aromatic nitrogens is 1. The van der Waals surface area contributed by atoms with Crippen LogP contribution in [0.2, 0.25) is 0 Å². The van der Waals surface area contributed by atoms with Gasteiger partial charge >= 0.3 is 0 Å². The maximum absolute atomic E-state index is 5.88. The number of hydrogen-bond acceptors (Lipinski definition) is 3. The van der Waals surface area contributed by atoms with Gasteiger partial charge in [0.2, 0.25) is 0 Å². The molecular formula is C26H36N2O2. The number of benzene rings is 1. The molecule has 0 atom stereocenters. The minimum Gasteiger partial charge on any atom is -0.498 e. The number of allylic oxidation sites excluding steroid dienone is 5. The van der Waals surface area contributed by atoms with Crippen LogP contribution in [0.5, 0.6) is 0 Å². The molecule has 4 heteroatoms. The zero-order valence-electron chi connectivity index (χ0n) is 18.7. The maximum Gasteiger partial charge on any atom is 0.0998 e. The number of nitrogens with one attached hydrogen (secondary N) is 1. The van der Waals surface area contributed by atoms with Crippen LogP contribution in [0, 0.1) is 0 Å². The molecular weight excluding hydrogens is 372 g/mol. The van der Waals surface area contributed by atoms with Crippen molar-refractivity contribution in [3.05, 3.63) is 66.1 Å². The molecule has 4 rings (SSSR count). The monoisotopic (exact) mass is 408 g/mol. The van der Waals surface area contributed by atoms with E-state index in [1.807, 2.05) is 0 Å². The number of para-hydroxylation sites is 1. The van der Waals surface area contributed by atoms with Crippen molar-refractivity contribution < 1.29 is 9.47 Å². The van der Waals surface area contributed by atoms with Crippen LogP contribution >= 0.6 is 0 Å². The minimum atomic E-state index is 0.207. The standard InChI is InChI=1S/C22H27NO2.C4H9N/c1-4-14-24-21-10-7-9-19(12-13-21)23-20(16-25-17(2)3)15-18-8-5-6-11-22(18)23;1-2-4-5-3-1/h5-9,11-13,15,17H,4,10,14,16H2,1-3H3;5H,1-4H2. The van der Waals surface area contributed by atoms with E-state index in [4.69, 9.17) is 9.47 Å². The fraction of sp³-hybridized carbons (Fsp3) is 0.462. The molecule has 0 radical (unpaired) electrons. The van der Waals surface area contributed by atoms with Crippen molar-refractivity contribution in [2.24, 2.45) is 0 Å². The highest BCUT2D eigenvalue weighted by atomic mass is 16.5. The molecule has 1 aromatic heterocycles. The molecule has 2 aliphatic rings. The van der Waals surface area contributed by atoms with Crippen molar-refractivity contribution in [1.29, 1.82) is 0 Å². The fourth-order valence-electron chi connectivity index (χ4n) is 3.59. The van der Waals surface area contributed by atoms with E-state index in [2.05, 4.69) is 85.3 Å². The first-order valence-electron chi connectivity index (χ1n) is 11.3. The summed E-state index contributed by atoms with van der Waals surface area (Å²) in [7, 11) is 0. The molecule has 1 saturated heterocycles. The minimum absolute atomic E-state index is 0.207. The van der Waals surface area contributed by atoms with E-state index in [-0.39, 0.29) is 6.10 Å². The van der Waals surface area contributed by atoms with Gasteiger partial charge in [-0.1, -0.05) is 31.2 Å². The fourth-order valence-corrected chi connectivity index (χ4v) is 3.59. The smallest absolute Gasteiger partial charge is 0.0998 e. The third kappa shape index (κ3) is 6.35. The lowest BCUT2D eigenvalue weighted by Gasteiger charge is -2.13. The summed E-state index contributed by atoms with van der Waals surface area (Å²) >= 11 is 0. The van der Waals surface area contributed by atoms with E-state index < -0.39 is 0 Å². The molecule has 4 nitrogen and oxygen atoms in total. The highest BCUT2D eigenvalue weighted by molar-refractivity contribution is 5.86. The summed E-state index contributed by atoms with van der Waals surface area (Å²) in [4.78, 5) is 0. The van der Waals surface area contributed by atoms with Crippen LogP contribution in [-0.4, -0.2) is 30.4 Å². The zero-order valence-corrected chi connectivity index (χ0v) is 18.7. The lowest BCUT2D eigenvalue weighted by atomic mass is 10.2. The van der Waals surface area contributed by atoms with Gasteiger partial charge in [0, 0.05) is 23.2 Å². The Balaban J connectivity index is 0.000000448. The van der Waals surface area contributed by atoms with Crippen LogP contribution in [-0.2, 0) is 16.1 Å². The average Bonchev–Trinajstić information content (AvgIpc) is 3.39. The molecule has 162 valence electrons. The van der Waals surface area contributed by atoms with Crippen molar-refractivity contribution in [3.63, 3.8) is 0 Å². The second-order valence-corrected chi connectivity index (χ2v) is 8.03. The number of nitrogens with zero attached hydrogens (tertiary/aromatic N) is 1. The number of ether oxygens (including phenoxy) is 2. The lowest BCUT2D eigenvalue weighted by Crippen LogP contribution is -2.07. The SMILES string of the molecule is C1CCNC1.CCCOC1=CC=C(n2c(COC(C)C)cc3ccccc32)C=CC1. The van der Waals surface area contributed by atoms with Crippen LogP contribution in [0.15, 0.2) is 60.4 Å². The maximum atomic E-state index is 5.88. The van der Waals surface area contributed by atoms with Gasteiger partial charge in [-0.2, -0.15) is 0 Å². The van der Waals surface area contributed by atoms with E-state index in [0.29, 0.717) is 6.61 Å². The third-order valence-electron chi connectivity index (χ3n) is 5.11. The second kappa shape index (κ2) is 11.8. The quantitative estimate of drug-likeness (QED) is 0.606. The van der Waals surface area contributed by atoms with E-state index in [1.165, 1.54) is 36.8 Å². The summed E-state index contributed by atoms with van der Waals surface area (Å²) in [6, 6.07) is 10.7. The van der Waals surface area contributed by atoms with E-state index >= 15 is 0 Å². The second-order valence-electron chi connectivity index (χ2n) is 8.03. The molecule has 2 heterocycles. The highest BCUT2D eigenvalue weighted by Gasteiger charge is 2.12. The Kier molecular flexibility index (Phi) is 8.79. The number of fused-ring (bicyclic) bond motifs is 1. The Hall–Kier alpha value is -2.30. The van der Waals surface area contributed by atoms with E-state index in [0.717, 1.165) is 36.6 Å². The number of rotatable bonds is 7. The molecule has 0 unspecified atom stereocenters. The summed E-state index contributed by atoms with van der Waals surface area (Å²) < 4.78 is 14.0. The summed E-state index contributed by atoms with van der Waals surface area (Å²) in [6.45, 7) is 10.1. The summed E-state index contributed by atoms with van der Waals surface area (Å²) in [5, 5.41) is 4.45. The number of hydrogen-bond donors (Lipinski definition) is 1. The van der Waals surface area contributed by atoms with Gasteiger partial charge in [-0.25, -0.2) is 0 Å². The van der Waals surface area contributed by atoms with Gasteiger partial charge in [0.05, 0.1) is 30.6 Å². The Labute approximate surface area is 181 Å². The molecule has 1 N–H and O–H groups in total. The normalized spacial score (nSPS) is 16.1. The molecule has 0 amide bonds. The molecule has 30 heavy (non-hydrogen) atoms. The molecule has 1 aromatic carbocycles. The zero-order chi connectivity index (χ0) is 21.2. The van der Waals surface area contributed by atoms with Gasteiger partial charge in [-0.05, 0) is 76.6 Å². The average molecular weight is 409 g/mol. The van der Waals surface area contributed by atoms with Crippen LogP contribution in [0.1, 0.15) is 52.1 Å². The Bertz CT molecular complexity index is 878.